The fraction of sp³-hybridized carbons (Fsp3) is 0.576. The standard InChI is InChI=1S/C33H37F3N4O5/c1-43-29-19-44-9-7-24(29)10-23-11-27-17-40(31(42)45-18-22-4-2-21(14-37)3-5-22)20-32(27,13-23)30(41)39-8-6-28-25(16-39)12-26(15-38-28)33(34,35)36/h2-5,12,15,23-24,27,29H,6-11,13,16-20H2,1H3/t23-,24?,27+,29?,32+/m1/s1. The lowest BCUT2D eigenvalue weighted by molar-refractivity contribution is -0.144. The molecule has 4 heterocycles. The Labute approximate surface area is 260 Å². The largest absolute Gasteiger partial charge is 0.445 e. The maximum absolute atomic E-state index is 14.5. The van der Waals surface area contributed by atoms with Gasteiger partial charge in [0.15, 0.2) is 0 Å². The van der Waals surface area contributed by atoms with Crippen molar-refractivity contribution in [2.24, 2.45) is 23.2 Å². The number of fused-ring (bicyclic) bond motifs is 2. The van der Waals surface area contributed by atoms with Gasteiger partial charge in [0.2, 0.25) is 5.91 Å². The number of hydrogen-bond acceptors (Lipinski definition) is 7. The molecule has 2 aromatic rings. The molecule has 12 heteroatoms. The normalized spacial score (nSPS) is 27.9. The molecule has 1 saturated carbocycles. The van der Waals surface area contributed by atoms with Crippen LogP contribution in [-0.4, -0.2) is 72.8 Å². The van der Waals surface area contributed by atoms with Crippen LogP contribution in [0, 0.1) is 34.5 Å². The fourth-order valence-electron chi connectivity index (χ4n) is 7.85. The van der Waals surface area contributed by atoms with E-state index in [1.807, 2.05) is 0 Å². The third kappa shape index (κ3) is 6.38. The van der Waals surface area contributed by atoms with E-state index in [0.29, 0.717) is 61.9 Å². The Bertz CT molecular complexity index is 1460. The number of nitrogens with zero attached hydrogens (tertiary/aromatic N) is 4. The van der Waals surface area contributed by atoms with Crippen molar-refractivity contribution >= 4 is 12.0 Å². The van der Waals surface area contributed by atoms with Gasteiger partial charge in [-0.3, -0.25) is 9.78 Å². The predicted molar refractivity (Wildman–Crippen MR) is 154 cm³/mol. The van der Waals surface area contributed by atoms with Gasteiger partial charge in [-0.1, -0.05) is 12.1 Å². The molecule has 0 N–H and O–H groups in total. The molecule has 0 spiro atoms. The summed E-state index contributed by atoms with van der Waals surface area (Å²) >= 11 is 0. The zero-order chi connectivity index (χ0) is 31.8. The van der Waals surface area contributed by atoms with Gasteiger partial charge in [-0.15, -0.1) is 0 Å². The summed E-state index contributed by atoms with van der Waals surface area (Å²) in [6, 6.07) is 9.95. The Morgan fingerprint density at radius 1 is 1.22 bits per heavy atom. The number of likely N-dealkylation sites (tertiary alicyclic amines) is 1. The molecule has 5 atom stereocenters. The number of aromatic nitrogens is 1. The lowest BCUT2D eigenvalue weighted by Gasteiger charge is -2.37. The van der Waals surface area contributed by atoms with Gasteiger partial charge < -0.3 is 24.0 Å². The first-order valence-electron chi connectivity index (χ1n) is 15.4. The molecule has 45 heavy (non-hydrogen) atoms. The zero-order valence-electron chi connectivity index (χ0n) is 25.2. The molecule has 6 rings (SSSR count). The number of benzene rings is 1. The molecule has 3 aliphatic heterocycles. The van der Waals surface area contributed by atoms with Crippen LogP contribution in [0.2, 0.25) is 0 Å². The van der Waals surface area contributed by atoms with Crippen molar-refractivity contribution in [1.82, 2.24) is 14.8 Å². The Kier molecular flexibility index (Phi) is 8.76. The van der Waals surface area contributed by atoms with E-state index < -0.39 is 23.2 Å². The number of methoxy groups -OCH3 is 1. The molecule has 4 aliphatic rings. The Balaban J connectivity index is 1.20. The van der Waals surface area contributed by atoms with Gasteiger partial charge in [0.05, 0.1) is 35.3 Å². The number of rotatable bonds is 6. The van der Waals surface area contributed by atoms with Crippen LogP contribution in [0.1, 0.15) is 53.6 Å². The Morgan fingerprint density at radius 2 is 2.02 bits per heavy atom. The summed E-state index contributed by atoms with van der Waals surface area (Å²) < 4.78 is 57.3. The highest BCUT2D eigenvalue weighted by atomic mass is 19.4. The molecular weight excluding hydrogens is 589 g/mol. The van der Waals surface area contributed by atoms with E-state index in [9.17, 15) is 22.8 Å². The number of pyridine rings is 1. The van der Waals surface area contributed by atoms with Crippen molar-refractivity contribution in [2.75, 3.05) is 40.0 Å². The van der Waals surface area contributed by atoms with E-state index in [1.54, 1.807) is 41.2 Å². The molecule has 9 nitrogen and oxygen atoms in total. The Morgan fingerprint density at radius 3 is 2.76 bits per heavy atom. The number of amides is 2. The highest BCUT2D eigenvalue weighted by molar-refractivity contribution is 5.85. The van der Waals surface area contributed by atoms with Crippen LogP contribution in [0.15, 0.2) is 36.5 Å². The van der Waals surface area contributed by atoms with Crippen LogP contribution in [0.25, 0.3) is 0 Å². The first-order valence-corrected chi connectivity index (χ1v) is 15.4. The number of carbonyl (C=O) groups excluding carboxylic acids is 2. The minimum atomic E-state index is -4.52. The molecule has 1 aromatic heterocycles. The summed E-state index contributed by atoms with van der Waals surface area (Å²) in [7, 11) is 1.69. The van der Waals surface area contributed by atoms with Crippen LogP contribution in [0.4, 0.5) is 18.0 Å². The number of ether oxygens (including phenoxy) is 3. The van der Waals surface area contributed by atoms with Crippen LogP contribution in [-0.2, 0) is 44.8 Å². The molecular formula is C33H37F3N4O5. The van der Waals surface area contributed by atoms with Crippen molar-refractivity contribution in [3.8, 4) is 6.07 Å². The summed E-state index contributed by atoms with van der Waals surface area (Å²) in [5.74, 6) is 0.337. The van der Waals surface area contributed by atoms with E-state index in [2.05, 4.69) is 11.1 Å². The summed E-state index contributed by atoms with van der Waals surface area (Å²) in [6.45, 7) is 2.24. The van der Waals surface area contributed by atoms with E-state index in [-0.39, 0.29) is 43.5 Å². The van der Waals surface area contributed by atoms with Crippen molar-refractivity contribution in [1.29, 1.82) is 5.26 Å². The van der Waals surface area contributed by atoms with Gasteiger partial charge in [-0.05, 0) is 72.8 Å². The fourth-order valence-corrected chi connectivity index (χ4v) is 7.85. The van der Waals surface area contributed by atoms with Gasteiger partial charge in [0.25, 0.3) is 0 Å². The van der Waals surface area contributed by atoms with Crippen LogP contribution in [0.3, 0.4) is 0 Å². The molecule has 1 aliphatic carbocycles. The van der Waals surface area contributed by atoms with Crippen molar-refractivity contribution in [2.45, 2.75) is 57.5 Å². The first-order chi connectivity index (χ1) is 21.6. The second-order valence-corrected chi connectivity index (χ2v) is 12.8. The monoisotopic (exact) mass is 626 g/mol. The van der Waals surface area contributed by atoms with E-state index in [4.69, 9.17) is 19.5 Å². The van der Waals surface area contributed by atoms with Gasteiger partial charge in [-0.2, -0.15) is 18.4 Å². The number of carbonyl (C=O) groups is 2. The number of hydrogen-bond donors (Lipinski definition) is 0. The van der Waals surface area contributed by atoms with Crippen LogP contribution in [0.5, 0.6) is 0 Å². The Hall–Kier alpha value is -3.69. The summed E-state index contributed by atoms with van der Waals surface area (Å²) in [5.41, 5.74) is 0.571. The highest BCUT2D eigenvalue weighted by Gasteiger charge is 2.60. The highest BCUT2D eigenvalue weighted by Crippen LogP contribution is 2.54. The van der Waals surface area contributed by atoms with Crippen molar-refractivity contribution in [3.63, 3.8) is 0 Å². The number of nitriles is 1. The summed E-state index contributed by atoms with van der Waals surface area (Å²) in [5, 5.41) is 9.03. The average molecular weight is 627 g/mol. The van der Waals surface area contributed by atoms with Crippen molar-refractivity contribution in [3.05, 3.63) is 64.5 Å². The quantitative estimate of drug-likeness (QED) is 0.446. The minimum absolute atomic E-state index is 0.00605. The predicted octanol–water partition coefficient (Wildman–Crippen LogP) is 4.96. The van der Waals surface area contributed by atoms with Gasteiger partial charge >= 0.3 is 12.3 Å². The van der Waals surface area contributed by atoms with E-state index in [1.165, 1.54) is 0 Å². The SMILES string of the molecule is COC1COCCC1C[C@@H]1C[C@H]2CN(C(=O)OCc3ccc(C#N)cc3)C[C@@]2(C(=O)N2CCc3ncc(C(F)(F)F)cc3C2)C1. The molecule has 2 amide bonds. The molecule has 0 radical (unpaired) electrons. The second kappa shape index (κ2) is 12.6. The smallest absolute Gasteiger partial charge is 0.417 e. The molecule has 1 aromatic carbocycles. The minimum Gasteiger partial charge on any atom is -0.445 e. The topological polar surface area (TPSA) is 105 Å². The average Bonchev–Trinajstić information content (AvgIpc) is 3.58. The maximum Gasteiger partial charge on any atom is 0.417 e. The molecule has 2 unspecified atom stereocenters. The molecule has 240 valence electrons. The van der Waals surface area contributed by atoms with Gasteiger partial charge in [0, 0.05) is 58.2 Å². The van der Waals surface area contributed by atoms with E-state index in [0.717, 1.165) is 37.1 Å². The second-order valence-electron chi connectivity index (χ2n) is 12.8. The lowest BCUT2D eigenvalue weighted by atomic mass is 9.78. The van der Waals surface area contributed by atoms with Gasteiger partial charge in [-0.25, -0.2) is 4.79 Å². The van der Waals surface area contributed by atoms with Gasteiger partial charge in [0.1, 0.15) is 6.61 Å². The summed E-state index contributed by atoms with van der Waals surface area (Å²) in [6.07, 6.45) is -0.684. The number of halogens is 3. The maximum atomic E-state index is 14.5. The number of alkyl halides is 3. The molecule has 2 saturated heterocycles. The lowest BCUT2D eigenvalue weighted by Crippen LogP contribution is -2.49. The van der Waals surface area contributed by atoms with Crippen LogP contribution < -0.4 is 0 Å². The third-order valence-electron chi connectivity index (χ3n) is 10.1. The molecule has 3 fully saturated rings. The molecule has 0 bridgehead atoms. The zero-order valence-corrected chi connectivity index (χ0v) is 25.2. The summed E-state index contributed by atoms with van der Waals surface area (Å²) in [4.78, 5) is 35.1. The first kappa shape index (κ1) is 31.3. The van der Waals surface area contributed by atoms with Crippen molar-refractivity contribution < 1.29 is 37.0 Å². The third-order valence-corrected chi connectivity index (χ3v) is 10.1. The van der Waals surface area contributed by atoms with Crippen LogP contribution >= 0.6 is 0 Å². The van der Waals surface area contributed by atoms with E-state index >= 15 is 0 Å².